The standard InChI is InChI=1S/C24H24N4O3/c1-14-7-6-8-17(11-14)22-15(2)27-28-16(3)19(13-25-23(22)28)24(29)26-20-10-9-18(30-4)12-21(20)31-5/h6-13H,1-5H3,(H,26,29). The number of rotatable bonds is 5. The van der Waals surface area contributed by atoms with Gasteiger partial charge in [-0.05, 0) is 38.5 Å². The molecule has 0 bridgehead atoms. The maximum Gasteiger partial charge on any atom is 0.259 e. The molecule has 1 amide bonds. The van der Waals surface area contributed by atoms with E-state index < -0.39 is 0 Å². The van der Waals surface area contributed by atoms with E-state index in [4.69, 9.17) is 9.47 Å². The molecule has 0 unspecified atom stereocenters. The van der Waals surface area contributed by atoms with Crippen molar-refractivity contribution in [3.05, 3.63) is 71.2 Å². The number of fused-ring (bicyclic) bond motifs is 1. The molecule has 0 saturated carbocycles. The zero-order valence-electron chi connectivity index (χ0n) is 18.2. The van der Waals surface area contributed by atoms with Gasteiger partial charge in [0.15, 0.2) is 5.65 Å². The number of carbonyl (C=O) groups is 1. The largest absolute Gasteiger partial charge is 0.497 e. The van der Waals surface area contributed by atoms with Crippen molar-refractivity contribution in [1.29, 1.82) is 0 Å². The zero-order valence-corrected chi connectivity index (χ0v) is 18.2. The number of ether oxygens (including phenoxy) is 2. The van der Waals surface area contributed by atoms with Crippen LogP contribution in [0.1, 0.15) is 27.3 Å². The first-order valence-corrected chi connectivity index (χ1v) is 9.88. The number of nitrogens with one attached hydrogen (secondary N) is 1. The molecule has 1 N–H and O–H groups in total. The molecule has 0 aliphatic rings. The molecule has 7 heteroatoms. The highest BCUT2D eigenvalue weighted by atomic mass is 16.5. The van der Waals surface area contributed by atoms with Gasteiger partial charge in [0.05, 0.1) is 36.9 Å². The van der Waals surface area contributed by atoms with Crippen molar-refractivity contribution in [1.82, 2.24) is 14.6 Å². The molecule has 0 fully saturated rings. The minimum Gasteiger partial charge on any atom is -0.497 e. The SMILES string of the molecule is COc1ccc(NC(=O)c2cnc3c(-c4cccc(C)c4)c(C)nn3c2C)c(OC)c1. The van der Waals surface area contributed by atoms with Gasteiger partial charge in [-0.2, -0.15) is 5.10 Å². The molecule has 7 nitrogen and oxygen atoms in total. The average molecular weight is 416 g/mol. The van der Waals surface area contributed by atoms with Gasteiger partial charge in [0.1, 0.15) is 11.5 Å². The molecule has 158 valence electrons. The van der Waals surface area contributed by atoms with Crippen LogP contribution in [0.3, 0.4) is 0 Å². The molecule has 0 aliphatic carbocycles. The van der Waals surface area contributed by atoms with E-state index in [9.17, 15) is 4.79 Å². The van der Waals surface area contributed by atoms with Crippen LogP contribution < -0.4 is 14.8 Å². The van der Waals surface area contributed by atoms with Crippen LogP contribution in [0.15, 0.2) is 48.7 Å². The summed E-state index contributed by atoms with van der Waals surface area (Å²) in [6.45, 7) is 5.87. The quantitative estimate of drug-likeness (QED) is 0.515. The molecular weight excluding hydrogens is 392 g/mol. The van der Waals surface area contributed by atoms with Gasteiger partial charge >= 0.3 is 0 Å². The van der Waals surface area contributed by atoms with Crippen molar-refractivity contribution in [3.63, 3.8) is 0 Å². The molecular formula is C24H24N4O3. The first-order chi connectivity index (χ1) is 14.9. The summed E-state index contributed by atoms with van der Waals surface area (Å²) in [5.74, 6) is 0.862. The summed E-state index contributed by atoms with van der Waals surface area (Å²) in [7, 11) is 3.12. The fourth-order valence-corrected chi connectivity index (χ4v) is 3.65. The number of hydrogen-bond acceptors (Lipinski definition) is 5. The van der Waals surface area contributed by atoms with Crippen molar-refractivity contribution in [2.45, 2.75) is 20.8 Å². The van der Waals surface area contributed by atoms with E-state index in [-0.39, 0.29) is 5.91 Å². The van der Waals surface area contributed by atoms with Gasteiger partial charge in [0.25, 0.3) is 5.91 Å². The fourth-order valence-electron chi connectivity index (χ4n) is 3.65. The minimum atomic E-state index is -0.291. The predicted octanol–water partition coefficient (Wildman–Crippen LogP) is 4.59. The Morgan fingerprint density at radius 1 is 1.03 bits per heavy atom. The van der Waals surface area contributed by atoms with E-state index in [1.807, 2.05) is 26.0 Å². The van der Waals surface area contributed by atoms with E-state index in [1.54, 1.807) is 43.1 Å². The Kier molecular flexibility index (Phi) is 5.33. The van der Waals surface area contributed by atoms with Crippen molar-refractivity contribution < 1.29 is 14.3 Å². The second-order valence-corrected chi connectivity index (χ2v) is 7.34. The number of aryl methyl sites for hydroxylation is 3. The third-order valence-electron chi connectivity index (χ3n) is 5.27. The Hall–Kier alpha value is -3.87. The third-order valence-corrected chi connectivity index (χ3v) is 5.27. The molecule has 0 spiro atoms. The van der Waals surface area contributed by atoms with Crippen LogP contribution >= 0.6 is 0 Å². The Balaban J connectivity index is 1.73. The highest BCUT2D eigenvalue weighted by Gasteiger charge is 2.20. The van der Waals surface area contributed by atoms with Crippen LogP contribution in [0.4, 0.5) is 5.69 Å². The lowest BCUT2D eigenvalue weighted by molar-refractivity contribution is 0.102. The highest BCUT2D eigenvalue weighted by Crippen LogP contribution is 2.31. The number of anilines is 1. The number of methoxy groups -OCH3 is 2. The number of aromatic nitrogens is 3. The first kappa shape index (κ1) is 20.4. The second kappa shape index (κ2) is 8.10. The van der Waals surface area contributed by atoms with Crippen LogP contribution in [0.2, 0.25) is 0 Å². The Morgan fingerprint density at radius 2 is 1.84 bits per heavy atom. The minimum absolute atomic E-state index is 0.291. The first-order valence-electron chi connectivity index (χ1n) is 9.88. The number of carbonyl (C=O) groups excluding carboxylic acids is 1. The number of hydrogen-bond donors (Lipinski definition) is 1. The van der Waals surface area contributed by atoms with E-state index in [0.29, 0.717) is 28.4 Å². The Labute approximate surface area is 180 Å². The lowest BCUT2D eigenvalue weighted by Crippen LogP contribution is -2.16. The van der Waals surface area contributed by atoms with Gasteiger partial charge in [-0.3, -0.25) is 4.79 Å². The van der Waals surface area contributed by atoms with Crippen LogP contribution in [-0.2, 0) is 0 Å². The van der Waals surface area contributed by atoms with Gasteiger partial charge in [-0.15, -0.1) is 0 Å². The van der Waals surface area contributed by atoms with Crippen molar-refractivity contribution >= 4 is 17.2 Å². The van der Waals surface area contributed by atoms with Gasteiger partial charge in [-0.25, -0.2) is 9.50 Å². The number of benzene rings is 2. The molecule has 0 radical (unpaired) electrons. The van der Waals surface area contributed by atoms with Gasteiger partial charge in [0.2, 0.25) is 0 Å². The summed E-state index contributed by atoms with van der Waals surface area (Å²) in [5, 5.41) is 7.55. The van der Waals surface area contributed by atoms with Crippen LogP contribution in [0, 0.1) is 20.8 Å². The lowest BCUT2D eigenvalue weighted by atomic mass is 10.0. The van der Waals surface area contributed by atoms with E-state index in [2.05, 4.69) is 34.5 Å². The van der Waals surface area contributed by atoms with Gasteiger partial charge in [-0.1, -0.05) is 29.8 Å². The van der Waals surface area contributed by atoms with Crippen molar-refractivity contribution in [3.8, 4) is 22.6 Å². The summed E-state index contributed by atoms with van der Waals surface area (Å²) >= 11 is 0. The van der Waals surface area contributed by atoms with E-state index in [0.717, 1.165) is 28.0 Å². The predicted molar refractivity (Wildman–Crippen MR) is 120 cm³/mol. The van der Waals surface area contributed by atoms with Crippen molar-refractivity contribution in [2.75, 3.05) is 19.5 Å². The summed E-state index contributed by atoms with van der Waals surface area (Å²) in [6.07, 6.45) is 1.59. The topological polar surface area (TPSA) is 77.8 Å². The molecule has 31 heavy (non-hydrogen) atoms. The normalized spacial score (nSPS) is 10.9. The maximum absolute atomic E-state index is 13.0. The average Bonchev–Trinajstić information content (AvgIpc) is 3.11. The number of nitrogens with zero attached hydrogens (tertiary/aromatic N) is 3. The van der Waals surface area contributed by atoms with Crippen LogP contribution in [0.25, 0.3) is 16.8 Å². The molecule has 0 atom stereocenters. The van der Waals surface area contributed by atoms with E-state index in [1.165, 1.54) is 0 Å². The monoisotopic (exact) mass is 416 g/mol. The van der Waals surface area contributed by atoms with Gasteiger partial charge in [0, 0.05) is 17.8 Å². The van der Waals surface area contributed by atoms with Crippen LogP contribution in [0.5, 0.6) is 11.5 Å². The number of amides is 1. The smallest absolute Gasteiger partial charge is 0.259 e. The molecule has 4 aromatic rings. The van der Waals surface area contributed by atoms with E-state index >= 15 is 0 Å². The second-order valence-electron chi connectivity index (χ2n) is 7.34. The Bertz CT molecular complexity index is 1290. The fraction of sp³-hybridized carbons (Fsp3) is 0.208. The summed E-state index contributed by atoms with van der Waals surface area (Å²) in [5.41, 5.74) is 6.45. The maximum atomic E-state index is 13.0. The molecule has 2 aromatic heterocycles. The molecule has 0 aliphatic heterocycles. The summed E-state index contributed by atoms with van der Waals surface area (Å²) in [6, 6.07) is 13.4. The van der Waals surface area contributed by atoms with Crippen molar-refractivity contribution in [2.24, 2.45) is 0 Å². The Morgan fingerprint density at radius 3 is 2.55 bits per heavy atom. The molecule has 2 aromatic carbocycles. The van der Waals surface area contributed by atoms with Gasteiger partial charge < -0.3 is 14.8 Å². The third kappa shape index (κ3) is 3.70. The lowest BCUT2D eigenvalue weighted by Gasteiger charge is -2.13. The molecule has 4 rings (SSSR count). The summed E-state index contributed by atoms with van der Waals surface area (Å²) < 4.78 is 12.3. The van der Waals surface area contributed by atoms with Crippen LogP contribution in [-0.4, -0.2) is 34.7 Å². The molecule has 0 saturated heterocycles. The molecule has 2 heterocycles. The zero-order chi connectivity index (χ0) is 22.1. The highest BCUT2D eigenvalue weighted by molar-refractivity contribution is 6.06. The summed E-state index contributed by atoms with van der Waals surface area (Å²) in [4.78, 5) is 17.6.